The second-order valence-electron chi connectivity index (χ2n) is 4.31. The fourth-order valence-electron chi connectivity index (χ4n) is 1.76. The molecule has 0 spiro atoms. The summed E-state index contributed by atoms with van der Waals surface area (Å²) >= 11 is 5.91. The van der Waals surface area contributed by atoms with Crippen molar-refractivity contribution in [2.45, 2.75) is 19.6 Å². The molecule has 1 atom stereocenters. The summed E-state index contributed by atoms with van der Waals surface area (Å²) in [4.78, 5) is 3.90. The third-order valence-corrected chi connectivity index (χ3v) is 2.99. The Morgan fingerprint density at radius 3 is 2.90 bits per heavy atom. The lowest BCUT2D eigenvalue weighted by molar-refractivity contribution is 0.190. The minimum absolute atomic E-state index is 0.290. The van der Waals surface area contributed by atoms with Gasteiger partial charge in [-0.2, -0.15) is 5.26 Å². The van der Waals surface area contributed by atoms with E-state index in [1.54, 1.807) is 43.5 Å². The van der Waals surface area contributed by atoms with Gasteiger partial charge in [-0.25, -0.2) is 4.98 Å². The van der Waals surface area contributed by atoms with E-state index in [0.717, 1.165) is 5.56 Å². The summed E-state index contributed by atoms with van der Waals surface area (Å²) in [5, 5.41) is 19.1. The average molecular weight is 289 g/mol. The van der Waals surface area contributed by atoms with E-state index in [0.29, 0.717) is 28.6 Å². The van der Waals surface area contributed by atoms with Gasteiger partial charge in [0.05, 0.1) is 6.10 Å². The van der Waals surface area contributed by atoms with E-state index < -0.39 is 6.10 Å². The van der Waals surface area contributed by atoms with Crippen LogP contribution in [0.5, 0.6) is 5.75 Å². The van der Waals surface area contributed by atoms with Crippen LogP contribution in [0.2, 0.25) is 5.02 Å². The van der Waals surface area contributed by atoms with Crippen LogP contribution in [0, 0.1) is 11.3 Å². The number of benzene rings is 1. The second kappa shape index (κ2) is 6.38. The first-order valence-corrected chi connectivity index (χ1v) is 6.43. The number of pyridine rings is 1. The normalized spacial score (nSPS) is 11.7. The van der Waals surface area contributed by atoms with Crippen LogP contribution >= 0.6 is 11.6 Å². The number of hydrogen-bond donors (Lipinski definition) is 1. The number of nitriles is 1. The molecule has 0 aliphatic carbocycles. The highest BCUT2D eigenvalue weighted by Gasteiger charge is 2.10. The zero-order valence-electron chi connectivity index (χ0n) is 10.9. The van der Waals surface area contributed by atoms with Crippen molar-refractivity contribution < 1.29 is 9.84 Å². The van der Waals surface area contributed by atoms with Gasteiger partial charge in [0, 0.05) is 16.8 Å². The fraction of sp³-hybridized carbons (Fsp3) is 0.200. The molecule has 1 aromatic carbocycles. The molecule has 1 N–H and O–H groups in total. The molecule has 1 aromatic heterocycles. The van der Waals surface area contributed by atoms with Gasteiger partial charge >= 0.3 is 0 Å². The Kier molecular flexibility index (Phi) is 4.57. The maximum Gasteiger partial charge on any atom is 0.140 e. The van der Waals surface area contributed by atoms with Crippen molar-refractivity contribution in [2.75, 3.05) is 0 Å². The van der Waals surface area contributed by atoms with Crippen molar-refractivity contribution in [1.82, 2.24) is 4.98 Å². The molecule has 0 aliphatic heterocycles. The molecule has 0 aliphatic rings. The molecule has 0 amide bonds. The summed E-state index contributed by atoms with van der Waals surface area (Å²) < 4.78 is 5.68. The summed E-state index contributed by atoms with van der Waals surface area (Å²) in [6.45, 7) is 1.94. The first kappa shape index (κ1) is 14.3. The lowest BCUT2D eigenvalue weighted by Crippen LogP contribution is -2.01. The van der Waals surface area contributed by atoms with Gasteiger partial charge in [-0.3, -0.25) is 0 Å². The predicted molar refractivity (Wildman–Crippen MR) is 75.4 cm³/mol. The molecule has 4 nitrogen and oxygen atoms in total. The van der Waals surface area contributed by atoms with Crippen LogP contribution in [0.1, 0.15) is 29.8 Å². The number of ether oxygens (including phenoxy) is 1. The highest BCUT2D eigenvalue weighted by atomic mass is 35.5. The Morgan fingerprint density at radius 1 is 1.40 bits per heavy atom. The van der Waals surface area contributed by atoms with Crippen molar-refractivity contribution in [2.24, 2.45) is 0 Å². The zero-order valence-corrected chi connectivity index (χ0v) is 11.6. The van der Waals surface area contributed by atoms with Gasteiger partial charge < -0.3 is 9.84 Å². The van der Waals surface area contributed by atoms with Crippen LogP contribution in [0.25, 0.3) is 0 Å². The lowest BCUT2D eigenvalue weighted by Gasteiger charge is -2.14. The van der Waals surface area contributed by atoms with Gasteiger partial charge in [-0.15, -0.1) is 0 Å². The Bertz CT molecular complexity index is 651. The highest BCUT2D eigenvalue weighted by molar-refractivity contribution is 6.30. The molecule has 0 saturated carbocycles. The maximum absolute atomic E-state index is 9.72. The van der Waals surface area contributed by atoms with Crippen molar-refractivity contribution >= 4 is 11.6 Å². The van der Waals surface area contributed by atoms with E-state index in [2.05, 4.69) is 4.98 Å². The van der Waals surface area contributed by atoms with E-state index in [1.807, 2.05) is 6.07 Å². The Labute approximate surface area is 122 Å². The van der Waals surface area contributed by atoms with Gasteiger partial charge in [0.15, 0.2) is 0 Å². The molecule has 1 heterocycles. The van der Waals surface area contributed by atoms with Crippen LogP contribution < -0.4 is 4.74 Å². The average Bonchev–Trinajstić information content (AvgIpc) is 2.46. The van der Waals surface area contributed by atoms with E-state index in [-0.39, 0.29) is 0 Å². The monoisotopic (exact) mass is 288 g/mol. The van der Waals surface area contributed by atoms with Crippen LogP contribution in [-0.2, 0) is 6.61 Å². The molecule has 102 valence electrons. The lowest BCUT2D eigenvalue weighted by atomic mass is 10.1. The van der Waals surface area contributed by atoms with Crippen LogP contribution in [0.4, 0.5) is 0 Å². The first-order valence-electron chi connectivity index (χ1n) is 6.05. The van der Waals surface area contributed by atoms with E-state index in [9.17, 15) is 5.11 Å². The number of rotatable bonds is 4. The number of aromatic nitrogens is 1. The minimum atomic E-state index is -0.671. The standard InChI is InChI=1S/C15H13ClN2O2/c1-10(19)14-7-12(16)2-3-15(14)20-9-11-4-5-18-13(6-11)8-17/h2-7,10,19H,9H2,1H3/t10-/m1/s1. The van der Waals surface area contributed by atoms with Gasteiger partial charge in [-0.1, -0.05) is 11.6 Å². The molecule has 0 radical (unpaired) electrons. The smallest absolute Gasteiger partial charge is 0.140 e. The SMILES string of the molecule is C[C@@H](O)c1cc(Cl)ccc1OCc1ccnc(C#N)c1. The molecule has 0 unspecified atom stereocenters. The summed E-state index contributed by atoms with van der Waals surface area (Å²) in [5.41, 5.74) is 1.81. The van der Waals surface area contributed by atoms with E-state index in [1.165, 1.54) is 0 Å². The molecular weight excluding hydrogens is 276 g/mol. The summed E-state index contributed by atoms with van der Waals surface area (Å²) in [7, 11) is 0. The molecule has 0 saturated heterocycles. The highest BCUT2D eigenvalue weighted by Crippen LogP contribution is 2.28. The van der Waals surface area contributed by atoms with Crippen molar-refractivity contribution in [3.63, 3.8) is 0 Å². The van der Waals surface area contributed by atoms with Crippen LogP contribution in [0.3, 0.4) is 0 Å². The van der Waals surface area contributed by atoms with Crippen LogP contribution in [0.15, 0.2) is 36.5 Å². The summed E-state index contributed by atoms with van der Waals surface area (Å²) in [6, 6.07) is 10.5. The summed E-state index contributed by atoms with van der Waals surface area (Å²) in [6.07, 6.45) is 0.894. The molecular formula is C15H13ClN2O2. The zero-order chi connectivity index (χ0) is 14.5. The molecule has 2 rings (SSSR count). The first-order chi connectivity index (χ1) is 9.60. The number of nitrogens with zero attached hydrogens (tertiary/aromatic N) is 2. The maximum atomic E-state index is 9.72. The van der Waals surface area contributed by atoms with Gasteiger partial charge in [0.1, 0.15) is 24.1 Å². The van der Waals surface area contributed by atoms with Crippen molar-refractivity contribution in [3.05, 3.63) is 58.4 Å². The topological polar surface area (TPSA) is 66.1 Å². The quantitative estimate of drug-likeness (QED) is 0.938. The molecule has 0 bridgehead atoms. The minimum Gasteiger partial charge on any atom is -0.489 e. The molecule has 5 heteroatoms. The fourth-order valence-corrected chi connectivity index (χ4v) is 1.94. The number of hydrogen-bond acceptors (Lipinski definition) is 4. The van der Waals surface area contributed by atoms with E-state index in [4.69, 9.17) is 21.6 Å². The molecule has 0 fully saturated rings. The third-order valence-electron chi connectivity index (χ3n) is 2.76. The van der Waals surface area contributed by atoms with Gasteiger partial charge in [0.2, 0.25) is 0 Å². The Morgan fingerprint density at radius 2 is 2.20 bits per heavy atom. The van der Waals surface area contributed by atoms with Gasteiger partial charge in [-0.05, 0) is 42.8 Å². The third kappa shape index (κ3) is 3.47. The van der Waals surface area contributed by atoms with Crippen molar-refractivity contribution in [1.29, 1.82) is 5.26 Å². The number of aliphatic hydroxyl groups excluding tert-OH is 1. The molecule has 20 heavy (non-hydrogen) atoms. The number of halogens is 1. The molecule has 2 aromatic rings. The summed E-state index contributed by atoms with van der Waals surface area (Å²) in [5.74, 6) is 0.569. The Balaban J connectivity index is 2.16. The van der Waals surface area contributed by atoms with Crippen molar-refractivity contribution in [3.8, 4) is 11.8 Å². The predicted octanol–water partition coefficient (Wildman–Crippen LogP) is 3.24. The largest absolute Gasteiger partial charge is 0.489 e. The van der Waals surface area contributed by atoms with Crippen LogP contribution in [-0.4, -0.2) is 10.1 Å². The Hall–Kier alpha value is -2.09. The van der Waals surface area contributed by atoms with E-state index >= 15 is 0 Å². The second-order valence-corrected chi connectivity index (χ2v) is 4.74. The number of aliphatic hydroxyl groups is 1. The van der Waals surface area contributed by atoms with Gasteiger partial charge in [0.25, 0.3) is 0 Å².